The third kappa shape index (κ3) is 2.77. The Morgan fingerprint density at radius 1 is 1.41 bits per heavy atom. The van der Waals surface area contributed by atoms with Crippen LogP contribution in [0.5, 0.6) is 0 Å². The fourth-order valence-corrected chi connectivity index (χ4v) is 3.22. The van der Waals surface area contributed by atoms with Crippen molar-refractivity contribution in [2.24, 2.45) is 0 Å². The first-order chi connectivity index (χ1) is 10.6. The molecule has 6 nitrogen and oxygen atoms in total. The molecule has 0 radical (unpaired) electrons. The molecule has 1 aliphatic rings. The molecule has 1 aliphatic carbocycles. The zero-order valence-corrected chi connectivity index (χ0v) is 13.3. The summed E-state index contributed by atoms with van der Waals surface area (Å²) in [6.45, 7) is 5.58. The molecule has 6 heteroatoms. The molecule has 2 heterocycles. The van der Waals surface area contributed by atoms with Crippen molar-refractivity contribution in [3.8, 4) is 0 Å². The van der Waals surface area contributed by atoms with E-state index in [1.165, 1.54) is 12.8 Å². The standard InChI is InChI=1S/C16H22N4O2/c1-10-8-14(12(3)22-10)16(21)18-11(2)15-19-17-9-20(15)13-6-4-5-7-13/h8-9,11,13H,4-7H2,1-3H3,(H,18,21)/t11-/m1/s1. The molecule has 0 saturated heterocycles. The third-order valence-corrected chi connectivity index (χ3v) is 4.34. The maximum absolute atomic E-state index is 12.4. The number of amides is 1. The number of carbonyl (C=O) groups is 1. The second-order valence-electron chi connectivity index (χ2n) is 6.06. The van der Waals surface area contributed by atoms with Crippen LogP contribution in [0.1, 0.15) is 72.4 Å². The van der Waals surface area contributed by atoms with Crippen LogP contribution in [0.3, 0.4) is 0 Å². The molecule has 0 bridgehead atoms. The first kappa shape index (κ1) is 14.8. The van der Waals surface area contributed by atoms with Gasteiger partial charge in [0, 0.05) is 6.04 Å². The lowest BCUT2D eigenvalue weighted by Gasteiger charge is -2.18. The van der Waals surface area contributed by atoms with Crippen molar-refractivity contribution < 1.29 is 9.21 Å². The predicted octanol–water partition coefficient (Wildman–Crippen LogP) is 3.09. The number of hydrogen-bond acceptors (Lipinski definition) is 4. The van der Waals surface area contributed by atoms with Crippen molar-refractivity contribution in [1.29, 1.82) is 0 Å². The van der Waals surface area contributed by atoms with Crippen LogP contribution in [0.2, 0.25) is 0 Å². The Balaban J connectivity index is 1.74. The lowest BCUT2D eigenvalue weighted by atomic mass is 10.2. The summed E-state index contributed by atoms with van der Waals surface area (Å²) in [6.07, 6.45) is 6.59. The highest BCUT2D eigenvalue weighted by molar-refractivity contribution is 5.95. The average Bonchev–Trinajstić information content (AvgIpc) is 3.17. The Hall–Kier alpha value is -2.11. The van der Waals surface area contributed by atoms with E-state index in [-0.39, 0.29) is 11.9 Å². The van der Waals surface area contributed by atoms with Gasteiger partial charge in [-0.3, -0.25) is 4.79 Å². The van der Waals surface area contributed by atoms with E-state index in [9.17, 15) is 4.79 Å². The van der Waals surface area contributed by atoms with Crippen molar-refractivity contribution in [2.45, 2.75) is 58.5 Å². The van der Waals surface area contributed by atoms with Gasteiger partial charge < -0.3 is 14.3 Å². The fraction of sp³-hybridized carbons (Fsp3) is 0.562. The van der Waals surface area contributed by atoms with Crippen LogP contribution in [0, 0.1) is 13.8 Å². The van der Waals surface area contributed by atoms with E-state index in [0.717, 1.165) is 24.4 Å². The monoisotopic (exact) mass is 302 g/mol. The summed E-state index contributed by atoms with van der Waals surface area (Å²) >= 11 is 0. The van der Waals surface area contributed by atoms with Crippen LogP contribution in [0.25, 0.3) is 0 Å². The van der Waals surface area contributed by atoms with Crippen LogP contribution in [-0.4, -0.2) is 20.7 Å². The summed E-state index contributed by atoms with van der Waals surface area (Å²) in [5.41, 5.74) is 0.580. The van der Waals surface area contributed by atoms with Gasteiger partial charge in [0.25, 0.3) is 5.91 Å². The highest BCUT2D eigenvalue weighted by Gasteiger charge is 2.24. The van der Waals surface area contributed by atoms with Crippen LogP contribution in [0.15, 0.2) is 16.8 Å². The van der Waals surface area contributed by atoms with Gasteiger partial charge in [0.1, 0.15) is 17.8 Å². The van der Waals surface area contributed by atoms with Gasteiger partial charge in [0.15, 0.2) is 5.82 Å². The van der Waals surface area contributed by atoms with Gasteiger partial charge >= 0.3 is 0 Å². The molecule has 0 aliphatic heterocycles. The van der Waals surface area contributed by atoms with Crippen LogP contribution in [-0.2, 0) is 0 Å². The number of aryl methyl sites for hydroxylation is 2. The smallest absolute Gasteiger partial charge is 0.255 e. The van der Waals surface area contributed by atoms with Crippen LogP contribution >= 0.6 is 0 Å². The molecule has 1 saturated carbocycles. The molecule has 0 aromatic carbocycles. The van der Waals surface area contributed by atoms with Crippen molar-refractivity contribution in [1.82, 2.24) is 20.1 Å². The molecule has 1 amide bonds. The molecular weight excluding hydrogens is 280 g/mol. The molecule has 1 N–H and O–H groups in total. The van der Waals surface area contributed by atoms with E-state index in [4.69, 9.17) is 4.42 Å². The highest BCUT2D eigenvalue weighted by Crippen LogP contribution is 2.31. The molecule has 0 spiro atoms. The van der Waals surface area contributed by atoms with Crippen LogP contribution < -0.4 is 5.32 Å². The summed E-state index contributed by atoms with van der Waals surface area (Å²) < 4.78 is 7.54. The maximum atomic E-state index is 12.4. The van der Waals surface area contributed by atoms with Crippen molar-refractivity contribution in [3.05, 3.63) is 35.3 Å². The Kier molecular flexibility index (Phi) is 4.00. The molecule has 2 aromatic heterocycles. The number of carbonyl (C=O) groups excluding carboxylic acids is 1. The first-order valence-corrected chi connectivity index (χ1v) is 7.83. The summed E-state index contributed by atoms with van der Waals surface area (Å²) in [5.74, 6) is 2.06. The summed E-state index contributed by atoms with van der Waals surface area (Å²) in [5, 5.41) is 11.2. The lowest BCUT2D eigenvalue weighted by Crippen LogP contribution is -2.29. The highest BCUT2D eigenvalue weighted by atomic mass is 16.3. The van der Waals surface area contributed by atoms with Gasteiger partial charge in [-0.1, -0.05) is 12.8 Å². The Labute approximate surface area is 129 Å². The zero-order valence-electron chi connectivity index (χ0n) is 13.3. The average molecular weight is 302 g/mol. The van der Waals surface area contributed by atoms with Gasteiger partial charge in [-0.05, 0) is 39.7 Å². The minimum absolute atomic E-state index is 0.136. The number of nitrogens with zero attached hydrogens (tertiary/aromatic N) is 3. The quantitative estimate of drug-likeness (QED) is 0.942. The van der Waals surface area contributed by atoms with Crippen molar-refractivity contribution >= 4 is 5.91 Å². The number of aromatic nitrogens is 3. The van der Waals surface area contributed by atoms with Gasteiger partial charge in [-0.15, -0.1) is 10.2 Å². The van der Waals surface area contributed by atoms with E-state index < -0.39 is 0 Å². The Morgan fingerprint density at radius 2 is 2.14 bits per heavy atom. The first-order valence-electron chi connectivity index (χ1n) is 7.83. The van der Waals surface area contributed by atoms with Crippen LogP contribution in [0.4, 0.5) is 0 Å². The summed E-state index contributed by atoms with van der Waals surface area (Å²) in [4.78, 5) is 12.4. The Morgan fingerprint density at radius 3 is 2.77 bits per heavy atom. The van der Waals surface area contributed by atoms with E-state index in [1.807, 2.05) is 13.8 Å². The maximum Gasteiger partial charge on any atom is 0.255 e. The number of nitrogens with one attached hydrogen (secondary N) is 1. The van der Waals surface area contributed by atoms with E-state index in [1.54, 1.807) is 19.3 Å². The second-order valence-corrected chi connectivity index (χ2v) is 6.06. The molecule has 1 atom stereocenters. The van der Waals surface area contributed by atoms with E-state index in [2.05, 4.69) is 20.1 Å². The number of rotatable bonds is 4. The molecule has 118 valence electrons. The molecular formula is C16H22N4O2. The minimum Gasteiger partial charge on any atom is -0.466 e. The van der Waals surface area contributed by atoms with E-state index >= 15 is 0 Å². The minimum atomic E-state index is -0.190. The van der Waals surface area contributed by atoms with Gasteiger partial charge in [0.2, 0.25) is 0 Å². The lowest BCUT2D eigenvalue weighted by molar-refractivity contribution is 0.0935. The normalized spacial score (nSPS) is 16.9. The van der Waals surface area contributed by atoms with Gasteiger partial charge in [-0.2, -0.15) is 0 Å². The molecule has 0 unspecified atom stereocenters. The fourth-order valence-electron chi connectivity index (χ4n) is 3.22. The molecule has 22 heavy (non-hydrogen) atoms. The Bertz CT molecular complexity index is 667. The van der Waals surface area contributed by atoms with Crippen molar-refractivity contribution in [3.63, 3.8) is 0 Å². The molecule has 1 fully saturated rings. The predicted molar refractivity (Wildman–Crippen MR) is 81.6 cm³/mol. The summed E-state index contributed by atoms with van der Waals surface area (Å²) in [7, 11) is 0. The molecule has 2 aromatic rings. The van der Waals surface area contributed by atoms with E-state index in [0.29, 0.717) is 17.4 Å². The second kappa shape index (κ2) is 5.94. The SMILES string of the molecule is Cc1cc(C(=O)N[C@H](C)c2nncn2C2CCCC2)c(C)o1. The third-order valence-electron chi connectivity index (χ3n) is 4.34. The largest absolute Gasteiger partial charge is 0.466 e. The molecule has 3 rings (SSSR count). The van der Waals surface area contributed by atoms with Gasteiger partial charge in [-0.25, -0.2) is 0 Å². The summed E-state index contributed by atoms with van der Waals surface area (Å²) in [6, 6.07) is 2.03. The van der Waals surface area contributed by atoms with Crippen molar-refractivity contribution in [2.75, 3.05) is 0 Å². The topological polar surface area (TPSA) is 73.0 Å². The number of hydrogen-bond donors (Lipinski definition) is 1. The number of furan rings is 1. The zero-order chi connectivity index (χ0) is 15.7. The van der Waals surface area contributed by atoms with Gasteiger partial charge in [0.05, 0.1) is 11.6 Å².